The number of hydrogen-bond acceptors (Lipinski definition) is 2. The molecule has 0 radical (unpaired) electrons. The quantitative estimate of drug-likeness (QED) is 0.507. The zero-order valence-electron chi connectivity index (χ0n) is 17.9. The SMILES string of the molecule is CN=C(NCCc1c(C)[nH]c2ccccc12)N(C)Cc1cn(C)nc1C(C)C. The molecule has 0 atom stereocenters. The van der Waals surface area contributed by atoms with E-state index < -0.39 is 0 Å². The van der Waals surface area contributed by atoms with Crippen LogP contribution in [0.2, 0.25) is 0 Å². The van der Waals surface area contributed by atoms with Crippen molar-refractivity contribution < 1.29 is 0 Å². The molecule has 0 aliphatic rings. The third-order valence-electron chi connectivity index (χ3n) is 5.15. The highest BCUT2D eigenvalue weighted by atomic mass is 15.3. The normalized spacial score (nSPS) is 12.2. The van der Waals surface area contributed by atoms with Crippen LogP contribution in [0.15, 0.2) is 35.5 Å². The van der Waals surface area contributed by atoms with Crippen LogP contribution in [0, 0.1) is 6.92 Å². The van der Waals surface area contributed by atoms with Crippen LogP contribution in [0.5, 0.6) is 0 Å². The third-order valence-corrected chi connectivity index (χ3v) is 5.15. The Bertz CT molecular complexity index is 963. The number of fused-ring (bicyclic) bond motifs is 1. The number of aliphatic imine (C=N–C) groups is 1. The maximum Gasteiger partial charge on any atom is 0.193 e. The standard InChI is InChI=1S/C22H32N6/c1-15(2)21-17(14-28(6)26-21)13-27(5)22(23-4)24-12-11-18-16(3)25-20-10-8-7-9-19(18)20/h7-10,14-15,25H,11-13H2,1-6H3,(H,23,24). The Hall–Kier alpha value is -2.76. The summed E-state index contributed by atoms with van der Waals surface area (Å²) in [5.41, 5.74) is 6.21. The van der Waals surface area contributed by atoms with E-state index in [0.717, 1.165) is 31.2 Å². The number of H-pyrrole nitrogens is 1. The molecule has 0 saturated carbocycles. The largest absolute Gasteiger partial charge is 0.358 e. The van der Waals surface area contributed by atoms with Crippen molar-refractivity contribution in [2.24, 2.45) is 12.0 Å². The zero-order valence-corrected chi connectivity index (χ0v) is 17.9. The van der Waals surface area contributed by atoms with Gasteiger partial charge in [0.1, 0.15) is 0 Å². The Labute approximate surface area is 167 Å². The van der Waals surface area contributed by atoms with Gasteiger partial charge in [0, 0.05) is 62.6 Å². The molecule has 6 nitrogen and oxygen atoms in total. The molecule has 1 aromatic carbocycles. The maximum atomic E-state index is 4.61. The molecule has 0 aliphatic heterocycles. The van der Waals surface area contributed by atoms with Gasteiger partial charge in [-0.15, -0.1) is 0 Å². The highest BCUT2D eigenvalue weighted by molar-refractivity contribution is 5.84. The van der Waals surface area contributed by atoms with Gasteiger partial charge in [0.2, 0.25) is 0 Å². The molecular formula is C22H32N6. The number of aromatic nitrogens is 3. The van der Waals surface area contributed by atoms with Crippen molar-refractivity contribution >= 4 is 16.9 Å². The minimum Gasteiger partial charge on any atom is -0.358 e. The zero-order chi connectivity index (χ0) is 20.3. The Kier molecular flexibility index (Phi) is 6.07. The topological polar surface area (TPSA) is 61.2 Å². The second-order valence-electron chi connectivity index (χ2n) is 7.72. The molecule has 6 heteroatoms. The van der Waals surface area contributed by atoms with Crippen molar-refractivity contribution in [3.8, 4) is 0 Å². The third kappa shape index (κ3) is 4.21. The lowest BCUT2D eigenvalue weighted by Crippen LogP contribution is -2.39. The highest BCUT2D eigenvalue weighted by Crippen LogP contribution is 2.22. The van der Waals surface area contributed by atoms with Gasteiger partial charge in [0.05, 0.1) is 5.69 Å². The Morgan fingerprint density at radius 3 is 2.79 bits per heavy atom. The number of hydrogen-bond donors (Lipinski definition) is 2. The summed E-state index contributed by atoms with van der Waals surface area (Å²) >= 11 is 0. The number of rotatable bonds is 6. The van der Waals surface area contributed by atoms with Gasteiger partial charge in [-0.05, 0) is 30.9 Å². The number of guanidine groups is 1. The summed E-state index contributed by atoms with van der Waals surface area (Å²) in [6, 6.07) is 8.48. The van der Waals surface area contributed by atoms with Gasteiger partial charge < -0.3 is 15.2 Å². The average Bonchev–Trinajstić information content (AvgIpc) is 3.18. The van der Waals surface area contributed by atoms with Gasteiger partial charge in [-0.3, -0.25) is 9.67 Å². The molecule has 0 fully saturated rings. The first-order chi connectivity index (χ1) is 13.4. The van der Waals surface area contributed by atoms with Crippen molar-refractivity contribution in [3.63, 3.8) is 0 Å². The van der Waals surface area contributed by atoms with E-state index in [4.69, 9.17) is 0 Å². The van der Waals surface area contributed by atoms with Crippen LogP contribution in [0.25, 0.3) is 10.9 Å². The van der Waals surface area contributed by atoms with Crippen molar-refractivity contribution in [3.05, 3.63) is 53.0 Å². The summed E-state index contributed by atoms with van der Waals surface area (Å²) in [5, 5.41) is 9.43. The molecule has 0 bridgehead atoms. The molecule has 0 aliphatic carbocycles. The van der Waals surface area contributed by atoms with Crippen LogP contribution >= 0.6 is 0 Å². The molecule has 0 unspecified atom stereocenters. The predicted molar refractivity (Wildman–Crippen MR) is 117 cm³/mol. The van der Waals surface area contributed by atoms with Crippen molar-refractivity contribution in [1.82, 2.24) is 25.0 Å². The fourth-order valence-corrected chi connectivity index (χ4v) is 3.83. The molecule has 2 aromatic heterocycles. The van der Waals surface area contributed by atoms with Gasteiger partial charge in [0.15, 0.2) is 5.96 Å². The number of aryl methyl sites for hydroxylation is 2. The first-order valence-corrected chi connectivity index (χ1v) is 9.91. The summed E-state index contributed by atoms with van der Waals surface area (Å²) in [7, 11) is 5.89. The molecule has 2 heterocycles. The molecule has 0 saturated heterocycles. The van der Waals surface area contributed by atoms with Crippen LogP contribution in [-0.2, 0) is 20.0 Å². The molecule has 3 aromatic rings. The number of nitrogens with zero attached hydrogens (tertiary/aromatic N) is 4. The lowest BCUT2D eigenvalue weighted by atomic mass is 10.1. The van der Waals surface area contributed by atoms with E-state index in [1.165, 1.54) is 27.7 Å². The summed E-state index contributed by atoms with van der Waals surface area (Å²) in [6.45, 7) is 8.13. The van der Waals surface area contributed by atoms with Gasteiger partial charge in [-0.1, -0.05) is 32.0 Å². The number of nitrogens with one attached hydrogen (secondary N) is 2. The van der Waals surface area contributed by atoms with Crippen molar-refractivity contribution in [2.45, 2.75) is 39.7 Å². The Morgan fingerprint density at radius 1 is 1.32 bits per heavy atom. The summed E-state index contributed by atoms with van der Waals surface area (Å²) < 4.78 is 1.90. The molecule has 0 spiro atoms. The fourth-order valence-electron chi connectivity index (χ4n) is 3.83. The minimum atomic E-state index is 0.407. The monoisotopic (exact) mass is 380 g/mol. The van der Waals surface area contributed by atoms with Crippen LogP contribution < -0.4 is 5.32 Å². The van der Waals surface area contributed by atoms with Gasteiger partial charge >= 0.3 is 0 Å². The van der Waals surface area contributed by atoms with Gasteiger partial charge in [-0.2, -0.15) is 5.10 Å². The van der Waals surface area contributed by atoms with Crippen LogP contribution in [-0.4, -0.2) is 46.3 Å². The van der Waals surface area contributed by atoms with E-state index >= 15 is 0 Å². The first-order valence-electron chi connectivity index (χ1n) is 9.91. The van der Waals surface area contributed by atoms with E-state index in [1.807, 2.05) is 18.8 Å². The summed E-state index contributed by atoms with van der Waals surface area (Å²) in [6.07, 6.45) is 3.06. The molecular weight excluding hydrogens is 348 g/mol. The predicted octanol–water partition coefficient (Wildman–Crippen LogP) is 3.58. The lowest BCUT2D eigenvalue weighted by Gasteiger charge is -2.22. The van der Waals surface area contributed by atoms with E-state index in [2.05, 4.69) is 83.6 Å². The lowest BCUT2D eigenvalue weighted by molar-refractivity contribution is 0.474. The number of benzene rings is 1. The van der Waals surface area contributed by atoms with Crippen LogP contribution in [0.4, 0.5) is 0 Å². The molecule has 0 amide bonds. The van der Waals surface area contributed by atoms with E-state index in [0.29, 0.717) is 5.92 Å². The van der Waals surface area contributed by atoms with Crippen molar-refractivity contribution in [1.29, 1.82) is 0 Å². The summed E-state index contributed by atoms with van der Waals surface area (Å²) in [5.74, 6) is 1.31. The Morgan fingerprint density at radius 2 is 2.07 bits per heavy atom. The second-order valence-corrected chi connectivity index (χ2v) is 7.72. The summed E-state index contributed by atoms with van der Waals surface area (Å²) in [4.78, 5) is 10.1. The van der Waals surface area contributed by atoms with Gasteiger partial charge in [-0.25, -0.2) is 0 Å². The van der Waals surface area contributed by atoms with Crippen LogP contribution in [0.3, 0.4) is 0 Å². The van der Waals surface area contributed by atoms with Crippen LogP contribution in [0.1, 0.15) is 42.3 Å². The van der Waals surface area contributed by atoms with Gasteiger partial charge in [0.25, 0.3) is 0 Å². The maximum absolute atomic E-state index is 4.61. The highest BCUT2D eigenvalue weighted by Gasteiger charge is 2.15. The minimum absolute atomic E-state index is 0.407. The van der Waals surface area contributed by atoms with E-state index in [-0.39, 0.29) is 0 Å². The molecule has 2 N–H and O–H groups in total. The fraction of sp³-hybridized carbons (Fsp3) is 0.455. The first kappa shape index (κ1) is 20.0. The molecule has 3 rings (SSSR count). The molecule has 28 heavy (non-hydrogen) atoms. The van der Waals surface area contributed by atoms with E-state index in [1.54, 1.807) is 0 Å². The smallest absolute Gasteiger partial charge is 0.193 e. The van der Waals surface area contributed by atoms with Crippen molar-refractivity contribution in [2.75, 3.05) is 20.6 Å². The number of para-hydroxylation sites is 1. The number of aromatic amines is 1. The second kappa shape index (κ2) is 8.50. The Balaban J connectivity index is 1.64. The average molecular weight is 381 g/mol. The van der Waals surface area contributed by atoms with E-state index in [9.17, 15) is 0 Å². The molecule has 150 valence electrons.